The van der Waals surface area contributed by atoms with Crippen LogP contribution in [0, 0.1) is 17.0 Å². The van der Waals surface area contributed by atoms with Crippen LogP contribution >= 0.6 is 0 Å². The lowest BCUT2D eigenvalue weighted by atomic mass is 10.0. The fourth-order valence-corrected chi connectivity index (χ4v) is 3.39. The maximum absolute atomic E-state index is 12.4. The molecule has 0 atom stereocenters. The zero-order valence-corrected chi connectivity index (χ0v) is 14.9. The standard InChI is InChI=1S/C20H23N3O3/c1-15-6-2-4-8-18(15)20(24)21-17-10-12-22(13-11-17)14-16-7-3-5-9-19(16)23(25)26/h2-9,17H,10-14H2,1H3,(H,21,24). The Balaban J connectivity index is 1.54. The summed E-state index contributed by atoms with van der Waals surface area (Å²) in [4.78, 5) is 25.4. The van der Waals surface area contributed by atoms with Gasteiger partial charge < -0.3 is 5.32 Å². The Kier molecular flexibility index (Phi) is 5.63. The van der Waals surface area contributed by atoms with E-state index < -0.39 is 0 Å². The van der Waals surface area contributed by atoms with Crippen molar-refractivity contribution in [2.75, 3.05) is 13.1 Å². The van der Waals surface area contributed by atoms with Crippen molar-refractivity contribution < 1.29 is 9.72 Å². The summed E-state index contributed by atoms with van der Waals surface area (Å²) in [6, 6.07) is 14.6. The van der Waals surface area contributed by atoms with E-state index in [1.54, 1.807) is 12.1 Å². The highest BCUT2D eigenvalue weighted by Crippen LogP contribution is 2.22. The summed E-state index contributed by atoms with van der Waals surface area (Å²) in [5.74, 6) is -0.0275. The minimum atomic E-state index is -0.329. The first kappa shape index (κ1) is 18.1. The number of nitro groups is 1. The van der Waals surface area contributed by atoms with Crippen molar-refractivity contribution in [1.82, 2.24) is 10.2 Å². The van der Waals surface area contributed by atoms with E-state index in [2.05, 4.69) is 10.2 Å². The van der Waals surface area contributed by atoms with E-state index in [0.29, 0.717) is 6.54 Å². The molecule has 1 N–H and O–H groups in total. The van der Waals surface area contributed by atoms with Gasteiger partial charge >= 0.3 is 0 Å². The van der Waals surface area contributed by atoms with Crippen molar-refractivity contribution >= 4 is 11.6 Å². The monoisotopic (exact) mass is 353 g/mol. The molecule has 6 heteroatoms. The topological polar surface area (TPSA) is 75.5 Å². The van der Waals surface area contributed by atoms with Crippen molar-refractivity contribution in [3.05, 3.63) is 75.3 Å². The first-order valence-electron chi connectivity index (χ1n) is 8.85. The number of benzene rings is 2. The van der Waals surface area contributed by atoms with Gasteiger partial charge in [0.1, 0.15) is 0 Å². The first-order chi connectivity index (χ1) is 12.5. The van der Waals surface area contributed by atoms with Gasteiger partial charge in [0.15, 0.2) is 0 Å². The Labute approximate surface area is 153 Å². The molecule has 1 heterocycles. The molecular formula is C20H23N3O3. The highest BCUT2D eigenvalue weighted by atomic mass is 16.6. The van der Waals surface area contributed by atoms with Crippen LogP contribution < -0.4 is 5.32 Å². The summed E-state index contributed by atoms with van der Waals surface area (Å²) in [6.45, 7) is 4.12. The summed E-state index contributed by atoms with van der Waals surface area (Å²) < 4.78 is 0. The molecular weight excluding hydrogens is 330 g/mol. The second-order valence-electron chi connectivity index (χ2n) is 6.72. The number of amides is 1. The summed E-state index contributed by atoms with van der Waals surface area (Å²) in [5.41, 5.74) is 2.59. The van der Waals surface area contributed by atoms with Gasteiger partial charge in [-0.05, 0) is 31.4 Å². The molecule has 0 unspecified atom stereocenters. The van der Waals surface area contributed by atoms with Crippen LogP contribution in [0.15, 0.2) is 48.5 Å². The van der Waals surface area contributed by atoms with E-state index in [9.17, 15) is 14.9 Å². The molecule has 1 amide bonds. The number of hydrogen-bond acceptors (Lipinski definition) is 4. The van der Waals surface area contributed by atoms with Gasteiger partial charge in [0, 0.05) is 42.9 Å². The van der Waals surface area contributed by atoms with E-state index in [4.69, 9.17) is 0 Å². The predicted octanol–water partition coefficient (Wildman–Crippen LogP) is 3.30. The SMILES string of the molecule is Cc1ccccc1C(=O)NC1CCN(Cc2ccccc2[N+](=O)[O-])CC1. The zero-order valence-electron chi connectivity index (χ0n) is 14.9. The number of piperidine rings is 1. The van der Waals surface area contributed by atoms with E-state index >= 15 is 0 Å². The number of aryl methyl sites for hydroxylation is 1. The lowest BCUT2D eigenvalue weighted by Gasteiger charge is -2.32. The Morgan fingerprint density at radius 1 is 1.15 bits per heavy atom. The predicted molar refractivity (Wildman–Crippen MR) is 100 cm³/mol. The maximum Gasteiger partial charge on any atom is 0.273 e. The number of carbonyl (C=O) groups is 1. The fraction of sp³-hybridized carbons (Fsp3) is 0.350. The summed E-state index contributed by atoms with van der Waals surface area (Å²) in [7, 11) is 0. The van der Waals surface area contributed by atoms with Gasteiger partial charge in [-0.2, -0.15) is 0 Å². The molecule has 0 bridgehead atoms. The summed E-state index contributed by atoms with van der Waals surface area (Å²) >= 11 is 0. The lowest BCUT2D eigenvalue weighted by Crippen LogP contribution is -2.44. The molecule has 26 heavy (non-hydrogen) atoms. The molecule has 0 aromatic heterocycles. The molecule has 3 rings (SSSR count). The van der Waals surface area contributed by atoms with Gasteiger partial charge in [0.2, 0.25) is 0 Å². The van der Waals surface area contributed by atoms with Crippen molar-refractivity contribution in [3.8, 4) is 0 Å². The van der Waals surface area contributed by atoms with Crippen LogP contribution in [-0.4, -0.2) is 34.9 Å². The largest absolute Gasteiger partial charge is 0.349 e. The van der Waals surface area contributed by atoms with Gasteiger partial charge in [0.05, 0.1) is 4.92 Å². The minimum Gasteiger partial charge on any atom is -0.349 e. The molecule has 0 radical (unpaired) electrons. The number of hydrogen-bond donors (Lipinski definition) is 1. The third-order valence-corrected chi connectivity index (χ3v) is 4.89. The van der Waals surface area contributed by atoms with Crippen molar-refractivity contribution in [2.45, 2.75) is 32.4 Å². The molecule has 1 saturated heterocycles. The second-order valence-corrected chi connectivity index (χ2v) is 6.72. The number of carbonyl (C=O) groups excluding carboxylic acids is 1. The average molecular weight is 353 g/mol. The maximum atomic E-state index is 12.4. The molecule has 2 aromatic rings. The fourth-order valence-electron chi connectivity index (χ4n) is 3.39. The van der Waals surface area contributed by atoms with Gasteiger partial charge in [-0.25, -0.2) is 0 Å². The van der Waals surface area contributed by atoms with Crippen molar-refractivity contribution in [3.63, 3.8) is 0 Å². The number of para-hydroxylation sites is 1. The Morgan fingerprint density at radius 3 is 2.50 bits per heavy atom. The van der Waals surface area contributed by atoms with E-state index in [1.165, 1.54) is 0 Å². The number of likely N-dealkylation sites (tertiary alicyclic amines) is 1. The normalized spacial score (nSPS) is 15.6. The molecule has 0 saturated carbocycles. The first-order valence-corrected chi connectivity index (χ1v) is 8.85. The van der Waals surface area contributed by atoms with Gasteiger partial charge in [-0.1, -0.05) is 36.4 Å². The molecule has 0 aliphatic carbocycles. The van der Waals surface area contributed by atoms with Crippen LogP contribution in [0.3, 0.4) is 0 Å². The summed E-state index contributed by atoms with van der Waals surface area (Å²) in [5, 5.41) is 14.3. The Hall–Kier alpha value is -2.73. The molecule has 1 aliphatic heterocycles. The van der Waals surface area contributed by atoms with Crippen molar-refractivity contribution in [1.29, 1.82) is 0 Å². The second kappa shape index (κ2) is 8.10. The van der Waals surface area contributed by atoms with Gasteiger partial charge in [-0.15, -0.1) is 0 Å². The highest BCUT2D eigenvalue weighted by Gasteiger charge is 2.23. The lowest BCUT2D eigenvalue weighted by molar-refractivity contribution is -0.385. The number of rotatable bonds is 5. The van der Waals surface area contributed by atoms with Crippen LogP contribution in [0.25, 0.3) is 0 Å². The average Bonchev–Trinajstić information content (AvgIpc) is 2.64. The smallest absolute Gasteiger partial charge is 0.273 e. The van der Waals surface area contributed by atoms with Crippen LogP contribution in [0.4, 0.5) is 5.69 Å². The number of nitrogens with one attached hydrogen (secondary N) is 1. The van der Waals surface area contributed by atoms with Crippen LogP contribution in [-0.2, 0) is 6.54 Å². The summed E-state index contributed by atoms with van der Waals surface area (Å²) in [6.07, 6.45) is 1.69. The number of nitro benzene ring substituents is 1. The van der Waals surface area contributed by atoms with E-state index in [1.807, 2.05) is 43.3 Å². The molecule has 1 aliphatic rings. The van der Waals surface area contributed by atoms with Gasteiger partial charge in [0.25, 0.3) is 11.6 Å². The van der Waals surface area contributed by atoms with E-state index in [0.717, 1.165) is 42.6 Å². The quantitative estimate of drug-likeness (QED) is 0.661. The van der Waals surface area contributed by atoms with Crippen molar-refractivity contribution in [2.24, 2.45) is 0 Å². The Bertz CT molecular complexity index is 798. The number of nitrogens with zero attached hydrogens (tertiary/aromatic N) is 2. The third kappa shape index (κ3) is 4.26. The van der Waals surface area contributed by atoms with Gasteiger partial charge in [-0.3, -0.25) is 19.8 Å². The Morgan fingerprint density at radius 2 is 1.81 bits per heavy atom. The minimum absolute atomic E-state index is 0.0275. The van der Waals surface area contributed by atoms with Crippen LogP contribution in [0.2, 0.25) is 0 Å². The van der Waals surface area contributed by atoms with Crippen LogP contribution in [0.5, 0.6) is 0 Å². The molecule has 0 spiro atoms. The zero-order chi connectivity index (χ0) is 18.5. The molecule has 136 valence electrons. The van der Waals surface area contributed by atoms with Crippen LogP contribution in [0.1, 0.15) is 34.3 Å². The molecule has 2 aromatic carbocycles. The molecule has 6 nitrogen and oxygen atoms in total. The third-order valence-electron chi connectivity index (χ3n) is 4.89. The highest BCUT2D eigenvalue weighted by molar-refractivity contribution is 5.95. The van der Waals surface area contributed by atoms with E-state index in [-0.39, 0.29) is 22.6 Å². The molecule has 1 fully saturated rings.